The average Bonchev–Trinajstić information content (AvgIpc) is 2.81. The molecule has 0 radical (unpaired) electrons. The van der Waals surface area contributed by atoms with Crippen molar-refractivity contribution in [1.29, 1.82) is 0 Å². The highest BCUT2D eigenvalue weighted by Crippen LogP contribution is 2.14. The standard InChI is InChI=1S/C12H15N5O/c1-8-15-10-6-17(7-11-13-3-4-14-11)5-2-9(10)12(18)16-8/h3-4H,2,5-7H2,1H3,(H,13,14)(H,15,16,18). The van der Waals surface area contributed by atoms with Crippen LogP contribution in [-0.4, -0.2) is 31.4 Å². The van der Waals surface area contributed by atoms with Crippen molar-refractivity contribution in [2.24, 2.45) is 0 Å². The van der Waals surface area contributed by atoms with Gasteiger partial charge in [-0.3, -0.25) is 9.69 Å². The average molecular weight is 245 g/mol. The first-order valence-electron chi connectivity index (χ1n) is 6.01. The molecular formula is C12H15N5O. The summed E-state index contributed by atoms with van der Waals surface area (Å²) in [5, 5.41) is 0. The van der Waals surface area contributed by atoms with Gasteiger partial charge in [0.1, 0.15) is 11.6 Å². The van der Waals surface area contributed by atoms with E-state index in [9.17, 15) is 4.79 Å². The third kappa shape index (κ3) is 2.06. The van der Waals surface area contributed by atoms with Crippen LogP contribution in [-0.2, 0) is 19.5 Å². The Labute approximate surface area is 104 Å². The largest absolute Gasteiger partial charge is 0.348 e. The van der Waals surface area contributed by atoms with Crippen LogP contribution < -0.4 is 5.56 Å². The number of hydrogen-bond donors (Lipinski definition) is 2. The number of rotatable bonds is 2. The molecular weight excluding hydrogens is 230 g/mol. The van der Waals surface area contributed by atoms with Crippen molar-refractivity contribution < 1.29 is 0 Å². The first-order chi connectivity index (χ1) is 8.72. The van der Waals surface area contributed by atoms with E-state index < -0.39 is 0 Å². The Bertz CT molecular complexity index is 601. The van der Waals surface area contributed by atoms with Gasteiger partial charge in [-0.15, -0.1) is 0 Å². The summed E-state index contributed by atoms with van der Waals surface area (Å²) in [5.41, 5.74) is 1.74. The fourth-order valence-corrected chi connectivity index (χ4v) is 2.35. The van der Waals surface area contributed by atoms with Gasteiger partial charge in [-0.2, -0.15) is 0 Å². The van der Waals surface area contributed by atoms with Crippen molar-refractivity contribution in [2.45, 2.75) is 26.4 Å². The van der Waals surface area contributed by atoms with Gasteiger partial charge in [0, 0.05) is 31.0 Å². The quantitative estimate of drug-likeness (QED) is 0.800. The summed E-state index contributed by atoms with van der Waals surface area (Å²) in [5.74, 6) is 1.62. The second-order valence-electron chi connectivity index (χ2n) is 4.57. The highest BCUT2D eigenvalue weighted by molar-refractivity contribution is 5.20. The Kier molecular flexibility index (Phi) is 2.71. The second kappa shape index (κ2) is 4.38. The lowest BCUT2D eigenvalue weighted by Gasteiger charge is -2.26. The number of aromatic amines is 2. The Morgan fingerprint density at radius 1 is 1.50 bits per heavy atom. The Hall–Kier alpha value is -1.95. The van der Waals surface area contributed by atoms with E-state index in [1.807, 2.05) is 13.1 Å². The lowest BCUT2D eigenvalue weighted by atomic mass is 10.1. The van der Waals surface area contributed by atoms with Crippen molar-refractivity contribution in [3.63, 3.8) is 0 Å². The van der Waals surface area contributed by atoms with Crippen LogP contribution in [0.1, 0.15) is 22.9 Å². The van der Waals surface area contributed by atoms with Crippen molar-refractivity contribution in [2.75, 3.05) is 6.54 Å². The fourth-order valence-electron chi connectivity index (χ4n) is 2.35. The van der Waals surface area contributed by atoms with Crippen LogP contribution in [0.4, 0.5) is 0 Å². The third-order valence-electron chi connectivity index (χ3n) is 3.20. The highest BCUT2D eigenvalue weighted by atomic mass is 16.1. The van der Waals surface area contributed by atoms with Crippen molar-refractivity contribution in [3.05, 3.63) is 45.7 Å². The topological polar surface area (TPSA) is 77.7 Å². The maximum absolute atomic E-state index is 11.8. The number of aryl methyl sites for hydroxylation is 1. The van der Waals surface area contributed by atoms with E-state index in [4.69, 9.17) is 0 Å². The van der Waals surface area contributed by atoms with Gasteiger partial charge < -0.3 is 9.97 Å². The van der Waals surface area contributed by atoms with E-state index in [0.717, 1.165) is 36.6 Å². The first kappa shape index (κ1) is 11.2. The second-order valence-corrected chi connectivity index (χ2v) is 4.57. The summed E-state index contributed by atoms with van der Waals surface area (Å²) < 4.78 is 0. The molecule has 0 fully saturated rings. The van der Waals surface area contributed by atoms with E-state index in [1.54, 1.807) is 6.20 Å². The number of hydrogen-bond acceptors (Lipinski definition) is 4. The Balaban J connectivity index is 1.82. The molecule has 0 unspecified atom stereocenters. The molecule has 3 rings (SSSR count). The molecule has 18 heavy (non-hydrogen) atoms. The van der Waals surface area contributed by atoms with Crippen molar-refractivity contribution in [3.8, 4) is 0 Å². The molecule has 6 nitrogen and oxygen atoms in total. The number of nitrogens with zero attached hydrogens (tertiary/aromatic N) is 3. The SMILES string of the molecule is Cc1nc2c(c(=O)[nH]1)CCN(Cc1ncc[nH]1)C2. The molecule has 0 atom stereocenters. The zero-order valence-electron chi connectivity index (χ0n) is 10.2. The molecule has 3 heterocycles. The summed E-state index contributed by atoms with van der Waals surface area (Å²) in [6.45, 7) is 4.15. The molecule has 2 aromatic rings. The van der Waals surface area contributed by atoms with E-state index in [1.165, 1.54) is 0 Å². The maximum Gasteiger partial charge on any atom is 0.254 e. The molecule has 1 aliphatic rings. The van der Waals surface area contributed by atoms with Crippen molar-refractivity contribution >= 4 is 0 Å². The number of fused-ring (bicyclic) bond motifs is 1. The molecule has 0 bridgehead atoms. The van der Waals surface area contributed by atoms with Crippen molar-refractivity contribution in [1.82, 2.24) is 24.8 Å². The molecule has 0 spiro atoms. The molecule has 0 aliphatic carbocycles. The number of imidazole rings is 1. The van der Waals surface area contributed by atoms with E-state index in [0.29, 0.717) is 12.4 Å². The third-order valence-corrected chi connectivity index (χ3v) is 3.20. The van der Waals surface area contributed by atoms with E-state index in [-0.39, 0.29) is 5.56 Å². The number of H-pyrrole nitrogens is 2. The molecule has 0 amide bonds. The zero-order chi connectivity index (χ0) is 12.5. The van der Waals surface area contributed by atoms with Gasteiger partial charge in [-0.1, -0.05) is 0 Å². The van der Waals surface area contributed by atoms with Crippen LogP contribution in [0, 0.1) is 6.92 Å². The van der Waals surface area contributed by atoms with Gasteiger partial charge in [-0.25, -0.2) is 9.97 Å². The smallest absolute Gasteiger partial charge is 0.254 e. The predicted octanol–water partition coefficient (Wildman–Crippen LogP) is 0.360. The van der Waals surface area contributed by atoms with Gasteiger partial charge in [0.25, 0.3) is 5.56 Å². The van der Waals surface area contributed by atoms with Gasteiger partial charge >= 0.3 is 0 Å². The van der Waals surface area contributed by atoms with Crippen LogP contribution in [0.5, 0.6) is 0 Å². The zero-order valence-corrected chi connectivity index (χ0v) is 10.2. The summed E-state index contributed by atoms with van der Waals surface area (Å²) in [6, 6.07) is 0. The lowest BCUT2D eigenvalue weighted by Crippen LogP contribution is -2.35. The van der Waals surface area contributed by atoms with Crippen LogP contribution in [0.25, 0.3) is 0 Å². The van der Waals surface area contributed by atoms with Gasteiger partial charge in [-0.05, 0) is 13.3 Å². The van der Waals surface area contributed by atoms with E-state index >= 15 is 0 Å². The van der Waals surface area contributed by atoms with Crippen LogP contribution in [0.3, 0.4) is 0 Å². The van der Waals surface area contributed by atoms with Gasteiger partial charge in [0.15, 0.2) is 0 Å². The number of nitrogens with one attached hydrogen (secondary N) is 2. The fraction of sp³-hybridized carbons (Fsp3) is 0.417. The van der Waals surface area contributed by atoms with Gasteiger partial charge in [0.2, 0.25) is 0 Å². The number of aromatic nitrogens is 4. The predicted molar refractivity (Wildman–Crippen MR) is 66.0 cm³/mol. The minimum Gasteiger partial charge on any atom is -0.348 e. The monoisotopic (exact) mass is 245 g/mol. The first-order valence-corrected chi connectivity index (χ1v) is 6.01. The van der Waals surface area contributed by atoms with Crippen LogP contribution in [0.15, 0.2) is 17.2 Å². The molecule has 2 aromatic heterocycles. The molecule has 1 aliphatic heterocycles. The molecule has 0 aromatic carbocycles. The minimum atomic E-state index is 0.00940. The summed E-state index contributed by atoms with van der Waals surface area (Å²) in [6.07, 6.45) is 4.32. The van der Waals surface area contributed by atoms with Crippen LogP contribution >= 0.6 is 0 Å². The lowest BCUT2D eigenvalue weighted by molar-refractivity contribution is 0.235. The molecule has 0 saturated carbocycles. The van der Waals surface area contributed by atoms with Gasteiger partial charge in [0.05, 0.1) is 12.2 Å². The highest BCUT2D eigenvalue weighted by Gasteiger charge is 2.20. The summed E-state index contributed by atoms with van der Waals surface area (Å²) in [7, 11) is 0. The molecule has 2 N–H and O–H groups in total. The molecule has 0 saturated heterocycles. The molecule has 94 valence electrons. The summed E-state index contributed by atoms with van der Waals surface area (Å²) in [4.78, 5) is 28.5. The minimum absolute atomic E-state index is 0.00940. The van der Waals surface area contributed by atoms with E-state index in [2.05, 4.69) is 24.8 Å². The molecule has 6 heteroatoms. The maximum atomic E-state index is 11.8. The normalized spacial score (nSPS) is 15.6. The van der Waals surface area contributed by atoms with Crippen LogP contribution in [0.2, 0.25) is 0 Å². The Morgan fingerprint density at radius 2 is 2.39 bits per heavy atom. The Morgan fingerprint density at radius 3 is 3.17 bits per heavy atom. The summed E-state index contributed by atoms with van der Waals surface area (Å²) >= 11 is 0.